The molecule has 60 valence electrons. The maximum atomic E-state index is 5.28. The van der Waals surface area contributed by atoms with Crippen LogP contribution in [0.1, 0.15) is 26.2 Å². The molecule has 0 aliphatic heterocycles. The second kappa shape index (κ2) is 8.92. The van der Waals surface area contributed by atoms with E-state index in [1.165, 1.54) is 6.42 Å². The topological polar surface area (TPSA) is 21.3 Å². The molecule has 0 aliphatic rings. The lowest BCUT2D eigenvalue weighted by Gasteiger charge is -2.01. The smallest absolute Gasteiger partial charge is 0.0478 e. The molecule has 0 saturated carbocycles. The Bertz CT molecular complexity index is 49.2. The zero-order valence-electron chi connectivity index (χ0n) is 6.73. The molecule has 0 aliphatic carbocycles. The molecule has 0 spiro atoms. The average Bonchev–Trinajstić information content (AvgIpc) is 1.97. The first-order valence-corrected chi connectivity index (χ1v) is 3.93. The average molecular weight is 143 g/mol. The Kier molecular flexibility index (Phi) is 8.85. The van der Waals surface area contributed by atoms with Crippen LogP contribution in [0, 0.1) is 7.05 Å². The Morgan fingerprint density at radius 1 is 1.30 bits per heavy atom. The minimum atomic E-state index is 0.824. The summed E-state index contributed by atoms with van der Waals surface area (Å²) in [7, 11) is 5.06. The lowest BCUT2D eigenvalue weighted by molar-refractivity contribution is 0.129. The van der Waals surface area contributed by atoms with Gasteiger partial charge < -0.3 is 10.1 Å². The molecule has 0 saturated heterocycles. The first-order valence-electron chi connectivity index (χ1n) is 3.93. The summed E-state index contributed by atoms with van der Waals surface area (Å²) in [6, 6.07) is 0. The van der Waals surface area contributed by atoms with Crippen LogP contribution in [0.3, 0.4) is 0 Å². The molecular weight excluding hydrogens is 126 g/mol. The summed E-state index contributed by atoms with van der Waals surface area (Å²) in [4.78, 5) is 0. The van der Waals surface area contributed by atoms with Gasteiger partial charge in [-0.25, -0.2) is 0 Å². The summed E-state index contributed by atoms with van der Waals surface area (Å²) < 4.78 is 5.28. The Morgan fingerprint density at radius 2 is 2.00 bits per heavy atom. The highest BCUT2D eigenvalue weighted by atomic mass is 16.5. The summed E-state index contributed by atoms with van der Waals surface area (Å²) in [6.07, 6.45) is 3.37. The van der Waals surface area contributed by atoms with Crippen LogP contribution in [0.4, 0.5) is 0 Å². The molecule has 0 aromatic carbocycles. The van der Waals surface area contributed by atoms with E-state index < -0.39 is 0 Å². The predicted molar refractivity (Wildman–Crippen MR) is 42.6 cm³/mol. The molecular formula is C8H17NO. The second-order valence-electron chi connectivity index (χ2n) is 2.27. The van der Waals surface area contributed by atoms with Gasteiger partial charge >= 0.3 is 0 Å². The summed E-state index contributed by atoms with van der Waals surface area (Å²) >= 11 is 0. The maximum Gasteiger partial charge on any atom is 0.0478 e. The zero-order chi connectivity index (χ0) is 7.66. The quantitative estimate of drug-likeness (QED) is 0.430. The SMILES string of the molecule is [CH]NCCCOCCCC. The van der Waals surface area contributed by atoms with Crippen molar-refractivity contribution in [3.63, 3.8) is 0 Å². The van der Waals surface area contributed by atoms with Gasteiger partial charge in [-0.05, 0) is 19.4 Å². The van der Waals surface area contributed by atoms with Crippen molar-refractivity contribution in [1.29, 1.82) is 0 Å². The number of hydrogen-bond donors (Lipinski definition) is 1. The van der Waals surface area contributed by atoms with Crippen molar-refractivity contribution >= 4 is 0 Å². The molecule has 0 fully saturated rings. The molecule has 0 unspecified atom stereocenters. The Balaban J connectivity index is 2.65. The lowest BCUT2D eigenvalue weighted by atomic mass is 10.4. The van der Waals surface area contributed by atoms with Crippen molar-refractivity contribution in [2.45, 2.75) is 26.2 Å². The molecule has 0 atom stereocenters. The minimum Gasteiger partial charge on any atom is -0.381 e. The number of ether oxygens (including phenoxy) is 1. The van der Waals surface area contributed by atoms with Crippen LogP contribution < -0.4 is 5.32 Å². The van der Waals surface area contributed by atoms with Gasteiger partial charge in [-0.15, -0.1) is 0 Å². The molecule has 0 heterocycles. The molecule has 2 nitrogen and oxygen atoms in total. The monoisotopic (exact) mass is 143 g/mol. The van der Waals surface area contributed by atoms with Crippen molar-refractivity contribution in [2.24, 2.45) is 0 Å². The summed E-state index contributed by atoms with van der Waals surface area (Å²) in [5.41, 5.74) is 0. The zero-order valence-corrected chi connectivity index (χ0v) is 6.73. The first kappa shape index (κ1) is 9.92. The molecule has 10 heavy (non-hydrogen) atoms. The molecule has 0 rings (SSSR count). The minimum absolute atomic E-state index is 0.824. The van der Waals surface area contributed by atoms with Crippen molar-refractivity contribution < 1.29 is 4.74 Å². The summed E-state index contributed by atoms with van der Waals surface area (Å²) in [5, 5.41) is 2.58. The Labute approximate surface area is 64.0 Å². The highest BCUT2D eigenvalue weighted by Gasteiger charge is 1.86. The third kappa shape index (κ3) is 7.92. The van der Waals surface area contributed by atoms with E-state index in [1.54, 1.807) is 0 Å². The van der Waals surface area contributed by atoms with Gasteiger partial charge in [0, 0.05) is 20.3 Å². The molecule has 0 bridgehead atoms. The highest BCUT2D eigenvalue weighted by molar-refractivity contribution is 4.42. The highest BCUT2D eigenvalue weighted by Crippen LogP contribution is 1.88. The standard InChI is InChI=1S/C8H17NO/c1-3-4-7-10-8-5-6-9-2/h2,9H,3-8H2,1H3. The summed E-state index contributed by atoms with van der Waals surface area (Å²) in [5.74, 6) is 0. The molecule has 1 N–H and O–H groups in total. The fourth-order valence-corrected chi connectivity index (χ4v) is 0.625. The van der Waals surface area contributed by atoms with Gasteiger partial charge in [-0.1, -0.05) is 13.3 Å². The van der Waals surface area contributed by atoms with Crippen LogP contribution in [0.15, 0.2) is 0 Å². The fourth-order valence-electron chi connectivity index (χ4n) is 0.625. The second-order valence-corrected chi connectivity index (χ2v) is 2.27. The van der Waals surface area contributed by atoms with Crippen molar-refractivity contribution in [3.05, 3.63) is 7.05 Å². The van der Waals surface area contributed by atoms with Gasteiger partial charge in [0.15, 0.2) is 0 Å². The van der Waals surface area contributed by atoms with Crippen LogP contribution in [0.5, 0.6) is 0 Å². The van der Waals surface area contributed by atoms with Gasteiger partial charge in [-0.3, -0.25) is 0 Å². The molecule has 0 amide bonds. The largest absolute Gasteiger partial charge is 0.381 e. The number of hydrogen-bond acceptors (Lipinski definition) is 2. The van der Waals surface area contributed by atoms with E-state index in [0.717, 1.165) is 32.6 Å². The number of rotatable bonds is 7. The van der Waals surface area contributed by atoms with E-state index in [-0.39, 0.29) is 0 Å². The van der Waals surface area contributed by atoms with E-state index in [0.29, 0.717) is 0 Å². The number of unbranched alkanes of at least 4 members (excludes halogenated alkanes) is 1. The third-order valence-electron chi connectivity index (χ3n) is 1.25. The normalized spacial score (nSPS) is 10.2. The van der Waals surface area contributed by atoms with Crippen LogP contribution in [0.25, 0.3) is 0 Å². The first-order chi connectivity index (χ1) is 4.91. The van der Waals surface area contributed by atoms with Crippen LogP contribution in [-0.2, 0) is 4.74 Å². The molecule has 2 heteroatoms. The molecule has 0 aromatic heterocycles. The summed E-state index contributed by atoms with van der Waals surface area (Å²) in [6.45, 7) is 4.71. The van der Waals surface area contributed by atoms with E-state index in [2.05, 4.69) is 12.2 Å². The van der Waals surface area contributed by atoms with Gasteiger partial charge in [0.2, 0.25) is 0 Å². The van der Waals surface area contributed by atoms with E-state index in [1.807, 2.05) is 0 Å². The van der Waals surface area contributed by atoms with Gasteiger partial charge in [0.25, 0.3) is 0 Å². The Hall–Kier alpha value is -0.0800. The van der Waals surface area contributed by atoms with Crippen LogP contribution >= 0.6 is 0 Å². The van der Waals surface area contributed by atoms with E-state index in [4.69, 9.17) is 11.8 Å². The fraction of sp³-hybridized carbons (Fsp3) is 0.875. The van der Waals surface area contributed by atoms with Crippen LogP contribution in [0.2, 0.25) is 0 Å². The van der Waals surface area contributed by atoms with Crippen molar-refractivity contribution in [2.75, 3.05) is 19.8 Å². The molecule has 2 radical (unpaired) electrons. The van der Waals surface area contributed by atoms with E-state index in [9.17, 15) is 0 Å². The lowest BCUT2D eigenvalue weighted by Crippen LogP contribution is -2.08. The van der Waals surface area contributed by atoms with Crippen LogP contribution in [-0.4, -0.2) is 19.8 Å². The van der Waals surface area contributed by atoms with Gasteiger partial charge in [0.05, 0.1) is 0 Å². The maximum absolute atomic E-state index is 5.28. The Morgan fingerprint density at radius 3 is 2.60 bits per heavy atom. The van der Waals surface area contributed by atoms with Crippen molar-refractivity contribution in [3.8, 4) is 0 Å². The van der Waals surface area contributed by atoms with Crippen molar-refractivity contribution in [1.82, 2.24) is 5.32 Å². The predicted octanol–water partition coefficient (Wildman–Crippen LogP) is 1.45. The van der Waals surface area contributed by atoms with Gasteiger partial charge in [0.1, 0.15) is 0 Å². The number of nitrogens with one attached hydrogen (secondary N) is 1. The third-order valence-corrected chi connectivity index (χ3v) is 1.25. The van der Waals surface area contributed by atoms with Gasteiger partial charge in [-0.2, -0.15) is 0 Å². The molecule has 0 aromatic rings. The van der Waals surface area contributed by atoms with E-state index >= 15 is 0 Å².